The van der Waals surface area contributed by atoms with Crippen LogP contribution in [0.15, 0.2) is 77.9 Å². The van der Waals surface area contributed by atoms with Crippen LogP contribution in [0.25, 0.3) is 11.8 Å². The predicted molar refractivity (Wildman–Crippen MR) is 110 cm³/mol. The molecule has 0 unspecified atom stereocenters. The van der Waals surface area contributed by atoms with Crippen molar-refractivity contribution in [3.8, 4) is 5.69 Å². The molecule has 2 heterocycles. The van der Waals surface area contributed by atoms with Gasteiger partial charge in [-0.15, -0.1) is 0 Å². The molecular weight excluding hydrogens is 350 g/mol. The van der Waals surface area contributed by atoms with Crippen molar-refractivity contribution in [2.45, 2.75) is 26.2 Å². The van der Waals surface area contributed by atoms with Crippen molar-refractivity contribution in [2.24, 2.45) is 5.10 Å². The van der Waals surface area contributed by atoms with E-state index in [1.54, 1.807) is 11.0 Å². The van der Waals surface area contributed by atoms with Crippen LogP contribution in [0.4, 0.5) is 5.69 Å². The Labute approximate surface area is 163 Å². The quantitative estimate of drug-likeness (QED) is 0.609. The van der Waals surface area contributed by atoms with E-state index in [4.69, 9.17) is 0 Å². The Hall–Kier alpha value is -3.54. The van der Waals surface area contributed by atoms with Crippen LogP contribution >= 0.6 is 0 Å². The third kappa shape index (κ3) is 3.62. The maximum atomic E-state index is 13.1. The van der Waals surface area contributed by atoms with Crippen molar-refractivity contribution in [1.29, 1.82) is 0 Å². The summed E-state index contributed by atoms with van der Waals surface area (Å²) in [6, 6.07) is 17.4. The van der Waals surface area contributed by atoms with Crippen molar-refractivity contribution in [3.63, 3.8) is 0 Å². The first-order valence-corrected chi connectivity index (χ1v) is 9.40. The average Bonchev–Trinajstić information content (AvgIpc) is 3.37. The van der Waals surface area contributed by atoms with Gasteiger partial charge >= 0.3 is 0 Å². The van der Waals surface area contributed by atoms with Crippen molar-refractivity contribution in [2.75, 3.05) is 5.01 Å². The Morgan fingerprint density at radius 1 is 1.00 bits per heavy atom. The van der Waals surface area contributed by atoms with Gasteiger partial charge in [0.2, 0.25) is 0 Å². The predicted octanol–water partition coefficient (Wildman–Crippen LogP) is 4.24. The SMILES string of the molecule is CCCCC1=NN(c2ccccc2)C(=O)/C1=C\c1ccc(-n2cncn2)cc1. The molecule has 28 heavy (non-hydrogen) atoms. The highest BCUT2D eigenvalue weighted by molar-refractivity contribution is 6.32. The molecule has 140 valence electrons. The normalized spacial score (nSPS) is 15.3. The van der Waals surface area contributed by atoms with Crippen LogP contribution in [0.1, 0.15) is 31.7 Å². The molecule has 3 aromatic rings. The van der Waals surface area contributed by atoms with E-state index in [-0.39, 0.29) is 5.91 Å². The number of unbranched alkanes of at least 4 members (excludes halogenated alkanes) is 1. The minimum absolute atomic E-state index is 0.0855. The number of hydrogen-bond acceptors (Lipinski definition) is 4. The fraction of sp³-hybridized carbons (Fsp3) is 0.182. The summed E-state index contributed by atoms with van der Waals surface area (Å²) in [6.45, 7) is 2.14. The van der Waals surface area contributed by atoms with E-state index in [0.717, 1.165) is 41.9 Å². The number of nitrogens with zero attached hydrogens (tertiary/aromatic N) is 5. The lowest BCUT2D eigenvalue weighted by molar-refractivity contribution is -0.114. The van der Waals surface area contributed by atoms with Gasteiger partial charge in [-0.1, -0.05) is 43.7 Å². The molecule has 2 aromatic carbocycles. The molecule has 0 spiro atoms. The maximum Gasteiger partial charge on any atom is 0.280 e. The number of benzene rings is 2. The molecule has 0 N–H and O–H groups in total. The molecule has 0 saturated heterocycles. The van der Waals surface area contributed by atoms with Crippen molar-refractivity contribution in [3.05, 3.63) is 78.4 Å². The lowest BCUT2D eigenvalue weighted by Gasteiger charge is -2.11. The Morgan fingerprint density at radius 3 is 2.46 bits per heavy atom. The Kier molecular flexibility index (Phi) is 5.10. The molecule has 4 rings (SSSR count). The molecule has 0 bridgehead atoms. The fourth-order valence-electron chi connectivity index (χ4n) is 3.11. The van der Waals surface area contributed by atoms with Gasteiger partial charge in [-0.25, -0.2) is 9.67 Å². The Bertz CT molecular complexity index is 1000. The maximum absolute atomic E-state index is 13.1. The van der Waals surface area contributed by atoms with Gasteiger partial charge in [0.25, 0.3) is 5.91 Å². The number of para-hydroxylation sites is 1. The van der Waals surface area contributed by atoms with E-state index in [2.05, 4.69) is 22.1 Å². The summed E-state index contributed by atoms with van der Waals surface area (Å²) in [7, 11) is 0. The van der Waals surface area contributed by atoms with Gasteiger partial charge in [0.1, 0.15) is 12.7 Å². The van der Waals surface area contributed by atoms with E-state index in [1.807, 2.05) is 60.7 Å². The zero-order chi connectivity index (χ0) is 19.3. The summed E-state index contributed by atoms with van der Waals surface area (Å²) < 4.78 is 1.70. The molecule has 6 heteroatoms. The highest BCUT2D eigenvalue weighted by Gasteiger charge is 2.30. The average molecular weight is 371 g/mol. The number of hydrazone groups is 1. The lowest BCUT2D eigenvalue weighted by atomic mass is 10.0. The van der Waals surface area contributed by atoms with Crippen molar-refractivity contribution < 1.29 is 4.79 Å². The molecule has 1 aromatic heterocycles. The first-order valence-electron chi connectivity index (χ1n) is 9.40. The Balaban J connectivity index is 1.64. The van der Waals surface area contributed by atoms with Gasteiger partial charge in [0.05, 0.1) is 22.7 Å². The molecule has 6 nitrogen and oxygen atoms in total. The standard InChI is InChI=1S/C22H21N5O/c1-2-3-9-21-20(22(28)27(25-21)19-7-5-4-6-8-19)14-17-10-12-18(13-11-17)26-16-23-15-24-26/h4-8,10-16H,2-3,9H2,1H3/b20-14-. The van der Waals surface area contributed by atoms with E-state index in [0.29, 0.717) is 5.57 Å². The summed E-state index contributed by atoms with van der Waals surface area (Å²) in [5, 5.41) is 10.3. The lowest BCUT2D eigenvalue weighted by Crippen LogP contribution is -2.21. The third-order valence-electron chi connectivity index (χ3n) is 4.61. The topological polar surface area (TPSA) is 63.4 Å². The number of aromatic nitrogens is 3. The molecule has 0 fully saturated rings. The summed E-state index contributed by atoms with van der Waals surface area (Å²) in [5.74, 6) is -0.0855. The van der Waals surface area contributed by atoms with Crippen molar-refractivity contribution >= 4 is 23.4 Å². The zero-order valence-corrected chi connectivity index (χ0v) is 15.7. The van der Waals surface area contributed by atoms with Crippen LogP contribution < -0.4 is 5.01 Å². The fourth-order valence-corrected chi connectivity index (χ4v) is 3.11. The molecule has 1 aliphatic rings. The van der Waals surface area contributed by atoms with Gasteiger partial charge < -0.3 is 0 Å². The smallest absolute Gasteiger partial charge is 0.267 e. The van der Waals surface area contributed by atoms with E-state index in [9.17, 15) is 4.79 Å². The van der Waals surface area contributed by atoms with Gasteiger partial charge in [-0.3, -0.25) is 4.79 Å². The minimum atomic E-state index is -0.0855. The second kappa shape index (κ2) is 8.00. The van der Waals surface area contributed by atoms with Crippen LogP contribution in [0.5, 0.6) is 0 Å². The van der Waals surface area contributed by atoms with Crippen molar-refractivity contribution in [1.82, 2.24) is 14.8 Å². The van der Waals surface area contributed by atoms with Crippen LogP contribution in [0.2, 0.25) is 0 Å². The van der Waals surface area contributed by atoms with Gasteiger partial charge in [0, 0.05) is 0 Å². The second-order valence-corrected chi connectivity index (χ2v) is 6.59. The van der Waals surface area contributed by atoms with Crippen LogP contribution in [-0.2, 0) is 4.79 Å². The molecule has 1 amide bonds. The molecule has 1 aliphatic heterocycles. The largest absolute Gasteiger partial charge is 0.280 e. The van der Waals surface area contributed by atoms with Gasteiger partial charge in [0.15, 0.2) is 0 Å². The first kappa shape index (κ1) is 17.9. The van der Waals surface area contributed by atoms with E-state index in [1.165, 1.54) is 11.3 Å². The minimum Gasteiger partial charge on any atom is -0.267 e. The molecule has 0 radical (unpaired) electrons. The second-order valence-electron chi connectivity index (χ2n) is 6.59. The third-order valence-corrected chi connectivity index (χ3v) is 4.61. The van der Waals surface area contributed by atoms with Gasteiger partial charge in [-0.2, -0.15) is 15.2 Å². The van der Waals surface area contributed by atoms with E-state index >= 15 is 0 Å². The summed E-state index contributed by atoms with van der Waals surface area (Å²) in [6.07, 6.45) is 7.91. The molecule has 0 aliphatic carbocycles. The zero-order valence-electron chi connectivity index (χ0n) is 15.7. The highest BCUT2D eigenvalue weighted by Crippen LogP contribution is 2.27. The van der Waals surface area contributed by atoms with Gasteiger partial charge in [-0.05, 0) is 48.7 Å². The van der Waals surface area contributed by atoms with Crippen LogP contribution in [0.3, 0.4) is 0 Å². The monoisotopic (exact) mass is 371 g/mol. The molecular formula is C22H21N5O. The Morgan fingerprint density at radius 2 is 1.79 bits per heavy atom. The number of rotatable bonds is 6. The number of hydrogen-bond donors (Lipinski definition) is 0. The number of amides is 1. The number of carbonyl (C=O) groups is 1. The summed E-state index contributed by atoms with van der Waals surface area (Å²) in [4.78, 5) is 17.0. The number of carbonyl (C=O) groups excluding carboxylic acids is 1. The molecule has 0 saturated carbocycles. The summed E-state index contributed by atoms with van der Waals surface area (Å²) in [5.41, 5.74) is 4.16. The highest BCUT2D eigenvalue weighted by atomic mass is 16.2. The van der Waals surface area contributed by atoms with E-state index < -0.39 is 0 Å². The number of anilines is 1. The van der Waals surface area contributed by atoms with Crippen LogP contribution in [-0.4, -0.2) is 26.4 Å². The summed E-state index contributed by atoms with van der Waals surface area (Å²) >= 11 is 0. The molecule has 0 atom stereocenters. The first-order chi connectivity index (χ1) is 13.8. The van der Waals surface area contributed by atoms with Crippen LogP contribution in [0, 0.1) is 0 Å².